The van der Waals surface area contributed by atoms with Gasteiger partial charge in [0.1, 0.15) is 6.61 Å². The third kappa shape index (κ3) is 3.22. The second kappa shape index (κ2) is 6.87. The number of hydrogen-bond acceptors (Lipinski definition) is 5. The first-order chi connectivity index (χ1) is 13.1. The van der Waals surface area contributed by atoms with Crippen LogP contribution < -0.4 is 5.32 Å². The van der Waals surface area contributed by atoms with Crippen LogP contribution in [0.2, 0.25) is 0 Å². The minimum Gasteiger partial charge on any atom is -0.475 e. The molecule has 0 saturated carbocycles. The van der Waals surface area contributed by atoms with Crippen LogP contribution in [0.15, 0.2) is 60.9 Å². The van der Waals surface area contributed by atoms with Crippen LogP contribution in [0.1, 0.15) is 27.7 Å². The molecule has 3 aromatic rings. The van der Waals surface area contributed by atoms with Gasteiger partial charge in [-0.2, -0.15) is 0 Å². The van der Waals surface area contributed by atoms with Gasteiger partial charge in [-0.1, -0.05) is 48.5 Å². The first-order valence-corrected chi connectivity index (χ1v) is 8.31. The number of carboxylic acids is 1. The van der Waals surface area contributed by atoms with Crippen molar-refractivity contribution in [3.8, 4) is 11.1 Å². The van der Waals surface area contributed by atoms with Gasteiger partial charge in [0, 0.05) is 5.92 Å². The summed E-state index contributed by atoms with van der Waals surface area (Å²) in [5.41, 5.74) is 4.82. The van der Waals surface area contributed by atoms with E-state index in [2.05, 4.69) is 27.4 Å². The Morgan fingerprint density at radius 1 is 0.963 bits per heavy atom. The van der Waals surface area contributed by atoms with Crippen molar-refractivity contribution < 1.29 is 19.4 Å². The Bertz CT molecular complexity index is 972. The molecule has 0 aliphatic heterocycles. The molecule has 0 atom stereocenters. The maximum Gasteiger partial charge on any atom is 0.411 e. The molecular weight excluding hydrogens is 346 g/mol. The molecule has 2 N–H and O–H groups in total. The molecule has 2 aromatic carbocycles. The number of aromatic carboxylic acids is 1. The fourth-order valence-corrected chi connectivity index (χ4v) is 3.26. The average Bonchev–Trinajstić information content (AvgIpc) is 3.01. The van der Waals surface area contributed by atoms with E-state index in [4.69, 9.17) is 9.84 Å². The van der Waals surface area contributed by atoms with E-state index in [-0.39, 0.29) is 24.0 Å². The highest BCUT2D eigenvalue weighted by Gasteiger charge is 2.29. The third-order valence-electron chi connectivity index (χ3n) is 4.43. The number of anilines is 1. The van der Waals surface area contributed by atoms with Crippen LogP contribution in [0.3, 0.4) is 0 Å². The molecule has 7 nitrogen and oxygen atoms in total. The quantitative estimate of drug-likeness (QED) is 0.737. The van der Waals surface area contributed by atoms with Gasteiger partial charge in [0.25, 0.3) is 0 Å². The van der Waals surface area contributed by atoms with Crippen LogP contribution >= 0.6 is 0 Å². The van der Waals surface area contributed by atoms with Gasteiger partial charge in [-0.05, 0) is 22.3 Å². The van der Waals surface area contributed by atoms with E-state index in [1.807, 2.05) is 36.4 Å². The number of carboxylic acid groups (broad SMARTS) is 1. The van der Waals surface area contributed by atoms with Crippen LogP contribution in [0.4, 0.5) is 10.5 Å². The standard InChI is InChI=1S/C20H15N3O4/c24-19(25)18-21-9-12(10-22-18)23-20(26)27-11-17-15-7-3-1-5-13(15)14-6-2-4-8-16(14)17/h1-10,17H,11H2,(H,23,26)(H,24,25). The first-order valence-electron chi connectivity index (χ1n) is 8.31. The molecule has 27 heavy (non-hydrogen) atoms. The smallest absolute Gasteiger partial charge is 0.411 e. The number of nitrogens with one attached hydrogen (secondary N) is 1. The van der Waals surface area contributed by atoms with E-state index >= 15 is 0 Å². The van der Waals surface area contributed by atoms with Gasteiger partial charge in [-0.3, -0.25) is 5.32 Å². The lowest BCUT2D eigenvalue weighted by molar-refractivity contribution is 0.0683. The lowest BCUT2D eigenvalue weighted by Gasteiger charge is -2.14. The lowest BCUT2D eigenvalue weighted by atomic mass is 9.98. The number of fused-ring (bicyclic) bond motifs is 3. The Morgan fingerprint density at radius 2 is 1.52 bits per heavy atom. The first kappa shape index (κ1) is 16.7. The largest absolute Gasteiger partial charge is 0.475 e. The number of benzene rings is 2. The van der Waals surface area contributed by atoms with Crippen LogP contribution in [0.25, 0.3) is 11.1 Å². The van der Waals surface area contributed by atoms with Gasteiger partial charge in [0.2, 0.25) is 5.82 Å². The molecule has 1 heterocycles. The molecule has 1 aromatic heterocycles. The fraction of sp³-hybridized carbons (Fsp3) is 0.100. The van der Waals surface area contributed by atoms with E-state index in [0.29, 0.717) is 0 Å². The predicted molar refractivity (Wildman–Crippen MR) is 97.7 cm³/mol. The molecule has 0 fully saturated rings. The van der Waals surface area contributed by atoms with E-state index in [1.54, 1.807) is 0 Å². The monoisotopic (exact) mass is 361 g/mol. The van der Waals surface area contributed by atoms with E-state index < -0.39 is 12.1 Å². The zero-order chi connectivity index (χ0) is 18.8. The molecule has 0 saturated heterocycles. The fourth-order valence-electron chi connectivity index (χ4n) is 3.26. The van der Waals surface area contributed by atoms with Gasteiger partial charge in [-0.15, -0.1) is 0 Å². The molecule has 1 amide bonds. The number of carbonyl (C=O) groups is 2. The van der Waals surface area contributed by atoms with Gasteiger partial charge < -0.3 is 9.84 Å². The van der Waals surface area contributed by atoms with Crippen molar-refractivity contribution in [3.63, 3.8) is 0 Å². The molecule has 7 heteroatoms. The number of nitrogens with zero attached hydrogens (tertiary/aromatic N) is 2. The normalized spacial score (nSPS) is 12.1. The van der Waals surface area contributed by atoms with Gasteiger partial charge in [0.15, 0.2) is 0 Å². The van der Waals surface area contributed by atoms with E-state index in [9.17, 15) is 9.59 Å². The Labute approximate surface area is 154 Å². The molecule has 134 valence electrons. The second-order valence-corrected chi connectivity index (χ2v) is 6.05. The summed E-state index contributed by atoms with van der Waals surface area (Å²) in [5.74, 6) is -1.61. The van der Waals surface area contributed by atoms with Crippen molar-refractivity contribution in [2.24, 2.45) is 0 Å². The molecule has 0 spiro atoms. The van der Waals surface area contributed by atoms with Crippen molar-refractivity contribution in [2.75, 3.05) is 11.9 Å². The van der Waals surface area contributed by atoms with Gasteiger partial charge >= 0.3 is 12.1 Å². The number of aromatic nitrogens is 2. The number of amides is 1. The topological polar surface area (TPSA) is 101 Å². The Kier molecular flexibility index (Phi) is 4.25. The van der Waals surface area contributed by atoms with Gasteiger partial charge in [0.05, 0.1) is 18.1 Å². The minimum absolute atomic E-state index is 0.0335. The van der Waals surface area contributed by atoms with Crippen molar-refractivity contribution in [1.82, 2.24) is 9.97 Å². The van der Waals surface area contributed by atoms with Crippen LogP contribution in [-0.4, -0.2) is 33.7 Å². The zero-order valence-electron chi connectivity index (χ0n) is 14.1. The van der Waals surface area contributed by atoms with E-state index in [1.165, 1.54) is 12.4 Å². The maximum atomic E-state index is 12.1. The lowest BCUT2D eigenvalue weighted by Crippen LogP contribution is -2.18. The summed E-state index contributed by atoms with van der Waals surface area (Å²) in [5, 5.41) is 11.3. The van der Waals surface area contributed by atoms with Gasteiger partial charge in [-0.25, -0.2) is 19.6 Å². The zero-order valence-corrected chi connectivity index (χ0v) is 14.1. The third-order valence-corrected chi connectivity index (χ3v) is 4.43. The highest BCUT2D eigenvalue weighted by atomic mass is 16.5. The number of ether oxygens (including phenoxy) is 1. The SMILES string of the molecule is O=C(Nc1cnc(C(=O)O)nc1)OCC1c2ccccc2-c2ccccc21. The number of carbonyl (C=O) groups excluding carboxylic acids is 1. The van der Waals surface area contributed by atoms with Crippen molar-refractivity contribution in [1.29, 1.82) is 0 Å². The Morgan fingerprint density at radius 3 is 2.07 bits per heavy atom. The minimum atomic E-state index is -1.23. The molecule has 1 aliphatic carbocycles. The predicted octanol–water partition coefficient (Wildman–Crippen LogP) is 3.54. The summed E-state index contributed by atoms with van der Waals surface area (Å²) in [6.45, 7) is 0.188. The molecule has 1 aliphatic rings. The Balaban J connectivity index is 1.45. The summed E-state index contributed by atoms with van der Waals surface area (Å²) < 4.78 is 5.40. The van der Waals surface area contributed by atoms with Crippen LogP contribution in [0.5, 0.6) is 0 Å². The van der Waals surface area contributed by atoms with Crippen molar-refractivity contribution in [2.45, 2.75) is 5.92 Å². The highest BCUT2D eigenvalue weighted by molar-refractivity contribution is 5.86. The number of rotatable bonds is 4. The summed E-state index contributed by atoms with van der Waals surface area (Å²) in [4.78, 5) is 30.1. The average molecular weight is 361 g/mol. The van der Waals surface area contributed by atoms with Crippen molar-refractivity contribution >= 4 is 17.7 Å². The molecular formula is C20H15N3O4. The molecule has 4 rings (SSSR count). The summed E-state index contributed by atoms with van der Waals surface area (Å²) >= 11 is 0. The molecule has 0 radical (unpaired) electrons. The van der Waals surface area contributed by atoms with Crippen LogP contribution in [0, 0.1) is 0 Å². The summed E-state index contributed by atoms with van der Waals surface area (Å²) in [6, 6.07) is 16.1. The maximum absolute atomic E-state index is 12.1. The summed E-state index contributed by atoms with van der Waals surface area (Å²) in [7, 11) is 0. The van der Waals surface area contributed by atoms with Crippen molar-refractivity contribution in [3.05, 3.63) is 77.9 Å². The second-order valence-electron chi connectivity index (χ2n) is 6.05. The highest BCUT2D eigenvalue weighted by Crippen LogP contribution is 2.44. The molecule has 0 bridgehead atoms. The molecule has 0 unspecified atom stereocenters. The number of hydrogen-bond donors (Lipinski definition) is 2. The van der Waals surface area contributed by atoms with Crippen LogP contribution in [-0.2, 0) is 4.74 Å². The van der Waals surface area contributed by atoms with E-state index in [0.717, 1.165) is 22.3 Å². The summed E-state index contributed by atoms with van der Waals surface area (Å²) in [6.07, 6.45) is 1.79. The Hall–Kier alpha value is -3.74.